The number of hydrogen-bond donors (Lipinski definition) is 2. The first-order valence-corrected chi connectivity index (χ1v) is 6.57. The highest BCUT2D eigenvalue weighted by atomic mass is 15.1. The molecular formula is C16H18N4. The van der Waals surface area contributed by atoms with Crippen LogP contribution in [0.4, 0.5) is 0 Å². The van der Waals surface area contributed by atoms with Gasteiger partial charge in [-0.15, -0.1) is 0 Å². The van der Waals surface area contributed by atoms with Crippen LogP contribution < -0.4 is 11.5 Å². The van der Waals surface area contributed by atoms with Crippen molar-refractivity contribution in [1.29, 1.82) is 0 Å². The summed E-state index contributed by atoms with van der Waals surface area (Å²) < 4.78 is 2.04. The van der Waals surface area contributed by atoms with Crippen molar-refractivity contribution >= 4 is 11.0 Å². The number of benzene rings is 2. The molecule has 0 spiro atoms. The van der Waals surface area contributed by atoms with Crippen molar-refractivity contribution in [3.05, 3.63) is 65.5 Å². The summed E-state index contributed by atoms with van der Waals surface area (Å²) in [5.74, 6) is 0.969. The summed E-state index contributed by atoms with van der Waals surface area (Å²) in [6.45, 7) is 1.98. The second-order valence-corrected chi connectivity index (χ2v) is 5.16. The SMILES string of the molecule is Cc1nc2ccc(C(N)(N)c3ccccc3)cc2n1C. The molecule has 0 radical (unpaired) electrons. The Labute approximate surface area is 118 Å². The van der Waals surface area contributed by atoms with Crippen LogP contribution in [0, 0.1) is 6.92 Å². The largest absolute Gasteiger partial charge is 0.331 e. The average molecular weight is 266 g/mol. The Balaban J connectivity index is 2.16. The molecule has 0 unspecified atom stereocenters. The zero-order chi connectivity index (χ0) is 14.3. The minimum atomic E-state index is -1.01. The molecule has 3 rings (SSSR count). The van der Waals surface area contributed by atoms with Gasteiger partial charge in [-0.3, -0.25) is 0 Å². The standard InChI is InChI=1S/C16H18N4/c1-11-19-14-9-8-13(10-15(14)20(11)2)16(17,18)12-6-4-3-5-7-12/h3-10H,17-18H2,1-2H3. The van der Waals surface area contributed by atoms with Gasteiger partial charge in [0.1, 0.15) is 11.5 Å². The molecule has 0 aliphatic carbocycles. The molecule has 0 saturated heterocycles. The predicted molar refractivity (Wildman–Crippen MR) is 81.0 cm³/mol. The van der Waals surface area contributed by atoms with Crippen molar-refractivity contribution in [2.24, 2.45) is 18.5 Å². The van der Waals surface area contributed by atoms with E-state index < -0.39 is 5.66 Å². The minimum absolute atomic E-state index is 0.874. The van der Waals surface area contributed by atoms with Crippen molar-refractivity contribution in [2.75, 3.05) is 0 Å². The highest BCUT2D eigenvalue weighted by molar-refractivity contribution is 5.77. The van der Waals surface area contributed by atoms with Crippen molar-refractivity contribution in [1.82, 2.24) is 9.55 Å². The molecule has 0 atom stereocenters. The topological polar surface area (TPSA) is 69.9 Å². The summed E-state index contributed by atoms with van der Waals surface area (Å²) in [4.78, 5) is 4.49. The Morgan fingerprint density at radius 3 is 2.40 bits per heavy atom. The third-order valence-corrected chi connectivity index (χ3v) is 3.83. The summed E-state index contributed by atoms with van der Waals surface area (Å²) in [6, 6.07) is 15.6. The molecule has 1 heterocycles. The zero-order valence-corrected chi connectivity index (χ0v) is 11.7. The molecule has 4 N–H and O–H groups in total. The molecule has 102 valence electrons. The Morgan fingerprint density at radius 2 is 1.70 bits per heavy atom. The van der Waals surface area contributed by atoms with Crippen LogP contribution in [0.25, 0.3) is 11.0 Å². The van der Waals surface area contributed by atoms with Crippen LogP contribution in [0.3, 0.4) is 0 Å². The summed E-state index contributed by atoms with van der Waals surface area (Å²) >= 11 is 0. The second kappa shape index (κ2) is 4.44. The molecule has 4 heteroatoms. The lowest BCUT2D eigenvalue weighted by atomic mass is 9.93. The van der Waals surface area contributed by atoms with Crippen LogP contribution in [0.15, 0.2) is 48.5 Å². The first-order valence-electron chi connectivity index (χ1n) is 6.57. The lowest BCUT2D eigenvalue weighted by molar-refractivity contribution is 0.568. The van der Waals surface area contributed by atoms with E-state index in [1.165, 1.54) is 0 Å². The van der Waals surface area contributed by atoms with Crippen molar-refractivity contribution in [3.63, 3.8) is 0 Å². The first-order chi connectivity index (χ1) is 9.50. The fourth-order valence-corrected chi connectivity index (χ4v) is 2.45. The highest BCUT2D eigenvalue weighted by Gasteiger charge is 2.24. The van der Waals surface area contributed by atoms with E-state index in [4.69, 9.17) is 11.5 Å². The van der Waals surface area contributed by atoms with Crippen molar-refractivity contribution in [3.8, 4) is 0 Å². The molecule has 0 aliphatic heterocycles. The Bertz CT molecular complexity index is 757. The fourth-order valence-electron chi connectivity index (χ4n) is 2.45. The van der Waals surface area contributed by atoms with E-state index in [-0.39, 0.29) is 0 Å². The van der Waals surface area contributed by atoms with Gasteiger partial charge in [0, 0.05) is 7.05 Å². The predicted octanol–water partition coefficient (Wildman–Crippen LogP) is 2.00. The summed E-state index contributed by atoms with van der Waals surface area (Å²) in [5.41, 5.74) is 15.5. The molecular weight excluding hydrogens is 248 g/mol. The number of fused-ring (bicyclic) bond motifs is 1. The summed E-state index contributed by atoms with van der Waals surface area (Å²) in [6.07, 6.45) is 0. The number of rotatable bonds is 2. The van der Waals surface area contributed by atoms with E-state index in [1.54, 1.807) is 0 Å². The van der Waals surface area contributed by atoms with Crippen LogP contribution in [0.2, 0.25) is 0 Å². The van der Waals surface area contributed by atoms with Gasteiger partial charge in [-0.2, -0.15) is 0 Å². The Kier molecular flexibility index (Phi) is 2.85. The Morgan fingerprint density at radius 1 is 1.00 bits per heavy atom. The molecule has 20 heavy (non-hydrogen) atoms. The summed E-state index contributed by atoms with van der Waals surface area (Å²) in [7, 11) is 1.99. The lowest BCUT2D eigenvalue weighted by Crippen LogP contribution is -2.47. The molecule has 0 bridgehead atoms. The van der Waals surface area contributed by atoms with Crippen LogP contribution in [0.5, 0.6) is 0 Å². The quantitative estimate of drug-likeness (QED) is 0.697. The van der Waals surface area contributed by atoms with E-state index in [0.29, 0.717) is 0 Å². The molecule has 4 nitrogen and oxygen atoms in total. The maximum Gasteiger partial charge on any atom is 0.116 e. The number of nitrogens with zero attached hydrogens (tertiary/aromatic N) is 2. The summed E-state index contributed by atoms with van der Waals surface area (Å²) in [5, 5.41) is 0. The Hall–Kier alpha value is -2.17. The zero-order valence-electron chi connectivity index (χ0n) is 11.7. The molecule has 0 amide bonds. The third-order valence-electron chi connectivity index (χ3n) is 3.83. The smallest absolute Gasteiger partial charge is 0.116 e. The third kappa shape index (κ3) is 1.90. The highest BCUT2D eigenvalue weighted by Crippen LogP contribution is 2.25. The monoisotopic (exact) mass is 266 g/mol. The van der Waals surface area contributed by atoms with Gasteiger partial charge in [-0.1, -0.05) is 36.4 Å². The molecule has 0 saturated carbocycles. The number of imidazole rings is 1. The molecule has 1 aromatic heterocycles. The van der Waals surface area contributed by atoms with Gasteiger partial charge in [0.25, 0.3) is 0 Å². The average Bonchev–Trinajstić information content (AvgIpc) is 2.75. The van der Waals surface area contributed by atoms with E-state index in [1.807, 2.05) is 67.1 Å². The first kappa shape index (κ1) is 12.8. The number of aromatic nitrogens is 2. The van der Waals surface area contributed by atoms with Gasteiger partial charge < -0.3 is 16.0 Å². The van der Waals surface area contributed by atoms with E-state index in [2.05, 4.69) is 4.98 Å². The maximum absolute atomic E-state index is 6.36. The van der Waals surface area contributed by atoms with Gasteiger partial charge in [0.05, 0.1) is 11.0 Å². The molecule has 3 aromatic rings. The van der Waals surface area contributed by atoms with Crippen LogP contribution in [-0.4, -0.2) is 9.55 Å². The number of nitrogens with two attached hydrogens (primary N) is 2. The van der Waals surface area contributed by atoms with E-state index in [9.17, 15) is 0 Å². The number of hydrogen-bond acceptors (Lipinski definition) is 3. The van der Waals surface area contributed by atoms with E-state index in [0.717, 1.165) is 28.0 Å². The van der Waals surface area contributed by atoms with Crippen LogP contribution in [-0.2, 0) is 12.7 Å². The van der Waals surface area contributed by atoms with Crippen LogP contribution >= 0.6 is 0 Å². The normalized spacial score (nSPS) is 12.0. The molecule has 0 aliphatic rings. The van der Waals surface area contributed by atoms with Gasteiger partial charge in [0.15, 0.2) is 0 Å². The number of aryl methyl sites for hydroxylation is 2. The maximum atomic E-state index is 6.36. The fraction of sp³-hybridized carbons (Fsp3) is 0.188. The van der Waals surface area contributed by atoms with Gasteiger partial charge in [-0.25, -0.2) is 4.98 Å². The van der Waals surface area contributed by atoms with Crippen molar-refractivity contribution in [2.45, 2.75) is 12.6 Å². The van der Waals surface area contributed by atoms with Crippen LogP contribution in [0.1, 0.15) is 17.0 Å². The lowest BCUT2D eigenvalue weighted by Gasteiger charge is -2.25. The molecule has 0 fully saturated rings. The second-order valence-electron chi connectivity index (χ2n) is 5.16. The van der Waals surface area contributed by atoms with Gasteiger partial charge >= 0.3 is 0 Å². The van der Waals surface area contributed by atoms with E-state index >= 15 is 0 Å². The molecule has 2 aromatic carbocycles. The minimum Gasteiger partial charge on any atom is -0.331 e. The van der Waals surface area contributed by atoms with Gasteiger partial charge in [-0.05, 0) is 30.2 Å². The van der Waals surface area contributed by atoms with Crippen molar-refractivity contribution < 1.29 is 0 Å². The van der Waals surface area contributed by atoms with Gasteiger partial charge in [0.2, 0.25) is 0 Å².